The van der Waals surface area contributed by atoms with Gasteiger partial charge in [0, 0.05) is 4.88 Å². The van der Waals surface area contributed by atoms with E-state index in [4.69, 9.17) is 0 Å². The van der Waals surface area contributed by atoms with Crippen LogP contribution in [0.15, 0.2) is 12.1 Å². The number of aryl methyl sites for hydroxylation is 1. The Morgan fingerprint density at radius 1 is 1.29 bits per heavy atom. The highest BCUT2D eigenvalue weighted by molar-refractivity contribution is 7.92. The predicted octanol–water partition coefficient (Wildman–Crippen LogP) is 2.71. The Morgan fingerprint density at radius 3 is 2.53 bits per heavy atom. The summed E-state index contributed by atoms with van der Waals surface area (Å²) in [4.78, 5) is 13.5. The van der Waals surface area contributed by atoms with Gasteiger partial charge in [0.05, 0.1) is 10.6 Å². The van der Waals surface area contributed by atoms with Crippen LogP contribution in [0.3, 0.4) is 0 Å². The molecule has 0 spiro atoms. The number of ketones is 1. The monoisotopic (exact) mass is 274 g/mol. The Bertz CT molecular complexity index is 472. The second-order valence-electron chi connectivity index (χ2n) is 3.99. The summed E-state index contributed by atoms with van der Waals surface area (Å²) in [6.07, 6.45) is 2.33. The minimum Gasteiger partial charge on any atom is -0.292 e. The normalized spacial score (nSPS) is 11.6. The molecule has 0 aromatic carbocycles. The van der Waals surface area contributed by atoms with Gasteiger partial charge < -0.3 is 0 Å². The molecule has 3 nitrogen and oxygen atoms in total. The minimum absolute atomic E-state index is 0.112. The minimum atomic E-state index is -3.23. The van der Waals surface area contributed by atoms with Gasteiger partial charge in [-0.1, -0.05) is 20.3 Å². The number of hydrogen-bond acceptors (Lipinski definition) is 4. The molecule has 0 aliphatic heterocycles. The van der Waals surface area contributed by atoms with Crippen molar-refractivity contribution >= 4 is 27.0 Å². The number of hydrogen-bond donors (Lipinski definition) is 0. The fourth-order valence-electron chi connectivity index (χ4n) is 1.43. The number of sulfone groups is 1. The largest absolute Gasteiger partial charge is 0.292 e. The van der Waals surface area contributed by atoms with E-state index in [1.54, 1.807) is 6.07 Å². The molecular formula is C12H18O3S2. The second kappa shape index (κ2) is 6.31. The van der Waals surface area contributed by atoms with Crippen LogP contribution in [0.25, 0.3) is 0 Å². The first kappa shape index (κ1) is 14.4. The number of carbonyl (C=O) groups is 1. The van der Waals surface area contributed by atoms with Crippen LogP contribution in [0.1, 0.15) is 41.2 Å². The van der Waals surface area contributed by atoms with Gasteiger partial charge in [0.1, 0.15) is 5.75 Å². The molecule has 0 saturated heterocycles. The van der Waals surface area contributed by atoms with E-state index in [0.717, 1.165) is 17.7 Å². The Morgan fingerprint density at radius 2 is 2.00 bits per heavy atom. The van der Waals surface area contributed by atoms with Crippen LogP contribution in [0, 0.1) is 0 Å². The van der Waals surface area contributed by atoms with Crippen molar-refractivity contribution in [1.29, 1.82) is 0 Å². The predicted molar refractivity (Wildman–Crippen MR) is 71.6 cm³/mol. The molecule has 0 aliphatic carbocycles. The molecule has 5 heteroatoms. The number of carbonyl (C=O) groups excluding carboxylic acids is 1. The Balaban J connectivity index is 2.65. The third-order valence-electron chi connectivity index (χ3n) is 2.44. The summed E-state index contributed by atoms with van der Waals surface area (Å²) in [7, 11) is -3.23. The zero-order chi connectivity index (χ0) is 12.9. The van der Waals surface area contributed by atoms with Gasteiger partial charge in [-0.2, -0.15) is 0 Å². The number of thiophene rings is 1. The van der Waals surface area contributed by atoms with Crippen molar-refractivity contribution in [2.75, 3.05) is 11.5 Å². The smallest absolute Gasteiger partial charge is 0.187 e. The van der Waals surface area contributed by atoms with E-state index in [1.165, 1.54) is 11.3 Å². The van der Waals surface area contributed by atoms with Crippen molar-refractivity contribution in [2.45, 2.75) is 33.1 Å². The van der Waals surface area contributed by atoms with E-state index in [2.05, 4.69) is 0 Å². The van der Waals surface area contributed by atoms with E-state index >= 15 is 0 Å². The molecule has 1 aromatic heterocycles. The topological polar surface area (TPSA) is 51.2 Å². The van der Waals surface area contributed by atoms with Crippen molar-refractivity contribution in [3.05, 3.63) is 21.9 Å². The van der Waals surface area contributed by atoms with E-state index in [9.17, 15) is 13.2 Å². The van der Waals surface area contributed by atoms with Gasteiger partial charge in [-0.05, 0) is 25.0 Å². The van der Waals surface area contributed by atoms with Gasteiger partial charge in [0.2, 0.25) is 0 Å². The Hall–Kier alpha value is -0.680. The quantitative estimate of drug-likeness (QED) is 0.718. The first-order valence-electron chi connectivity index (χ1n) is 5.81. The maximum Gasteiger partial charge on any atom is 0.187 e. The van der Waals surface area contributed by atoms with Gasteiger partial charge in [-0.15, -0.1) is 11.3 Å². The lowest BCUT2D eigenvalue weighted by Gasteiger charge is -2.01. The average molecular weight is 274 g/mol. The van der Waals surface area contributed by atoms with E-state index in [-0.39, 0.29) is 17.3 Å². The molecule has 0 amide bonds. The molecule has 0 unspecified atom stereocenters. The summed E-state index contributed by atoms with van der Waals surface area (Å²) in [6.45, 7) is 3.95. The lowest BCUT2D eigenvalue weighted by Crippen LogP contribution is -2.18. The molecule has 1 rings (SSSR count). The first-order valence-corrected chi connectivity index (χ1v) is 8.44. The van der Waals surface area contributed by atoms with Gasteiger partial charge in [-0.25, -0.2) is 8.42 Å². The summed E-state index contributed by atoms with van der Waals surface area (Å²) in [5.41, 5.74) is 0. The number of rotatable bonds is 7. The third-order valence-corrected chi connectivity index (χ3v) is 5.33. The standard InChI is InChI=1S/C12H18O3S2/c1-3-5-8-17(14,15)9-11(13)12-7-6-10(4-2)16-12/h6-7H,3-5,8-9H2,1-2H3. The summed E-state index contributed by atoms with van der Waals surface area (Å²) in [5, 5.41) is 0. The van der Waals surface area contributed by atoms with Gasteiger partial charge in [0.25, 0.3) is 0 Å². The molecule has 0 saturated carbocycles. The van der Waals surface area contributed by atoms with Crippen LogP contribution in [0.2, 0.25) is 0 Å². The van der Waals surface area contributed by atoms with E-state index < -0.39 is 9.84 Å². The molecule has 96 valence electrons. The van der Waals surface area contributed by atoms with E-state index in [1.807, 2.05) is 19.9 Å². The SMILES string of the molecule is CCCCS(=O)(=O)CC(=O)c1ccc(CC)s1. The van der Waals surface area contributed by atoms with Crippen LogP contribution in [0.5, 0.6) is 0 Å². The van der Waals surface area contributed by atoms with Crippen molar-refractivity contribution < 1.29 is 13.2 Å². The zero-order valence-electron chi connectivity index (χ0n) is 10.2. The maximum atomic E-state index is 11.8. The molecule has 1 heterocycles. The molecule has 0 bridgehead atoms. The molecule has 17 heavy (non-hydrogen) atoms. The molecule has 0 atom stereocenters. The number of Topliss-reactive ketones (excluding diaryl/α,β-unsaturated/α-hetero) is 1. The van der Waals surface area contributed by atoms with Crippen LogP contribution in [-0.4, -0.2) is 25.7 Å². The van der Waals surface area contributed by atoms with Crippen molar-refractivity contribution in [3.8, 4) is 0 Å². The third kappa shape index (κ3) is 4.60. The summed E-state index contributed by atoms with van der Waals surface area (Å²) in [6, 6.07) is 3.61. The van der Waals surface area contributed by atoms with Crippen LogP contribution < -0.4 is 0 Å². The van der Waals surface area contributed by atoms with Gasteiger partial charge in [-0.3, -0.25) is 4.79 Å². The Kier molecular flexibility index (Phi) is 5.33. The average Bonchev–Trinajstić information content (AvgIpc) is 2.74. The number of unbranched alkanes of at least 4 members (excludes halogenated alkanes) is 1. The summed E-state index contributed by atoms with van der Waals surface area (Å²) < 4.78 is 23.3. The Labute approximate surface area is 107 Å². The van der Waals surface area contributed by atoms with Crippen molar-refractivity contribution in [2.24, 2.45) is 0 Å². The molecule has 0 radical (unpaired) electrons. The van der Waals surface area contributed by atoms with Gasteiger partial charge >= 0.3 is 0 Å². The van der Waals surface area contributed by atoms with Crippen LogP contribution in [0.4, 0.5) is 0 Å². The summed E-state index contributed by atoms with van der Waals surface area (Å²) >= 11 is 1.39. The van der Waals surface area contributed by atoms with Crippen molar-refractivity contribution in [1.82, 2.24) is 0 Å². The lowest BCUT2D eigenvalue weighted by atomic mass is 10.3. The highest BCUT2D eigenvalue weighted by Gasteiger charge is 2.18. The van der Waals surface area contributed by atoms with Crippen LogP contribution in [-0.2, 0) is 16.3 Å². The molecule has 0 fully saturated rings. The molecule has 0 N–H and O–H groups in total. The lowest BCUT2D eigenvalue weighted by molar-refractivity contribution is 0.102. The molecule has 1 aromatic rings. The maximum absolute atomic E-state index is 11.8. The second-order valence-corrected chi connectivity index (χ2v) is 7.34. The van der Waals surface area contributed by atoms with Crippen molar-refractivity contribution in [3.63, 3.8) is 0 Å². The molecule has 0 aliphatic rings. The van der Waals surface area contributed by atoms with Gasteiger partial charge in [0.15, 0.2) is 15.6 Å². The first-order chi connectivity index (χ1) is 7.98. The fourth-order valence-corrected chi connectivity index (χ4v) is 3.83. The highest BCUT2D eigenvalue weighted by Crippen LogP contribution is 2.18. The fraction of sp³-hybridized carbons (Fsp3) is 0.583. The van der Waals surface area contributed by atoms with E-state index in [0.29, 0.717) is 11.3 Å². The summed E-state index contributed by atoms with van der Waals surface area (Å²) in [5.74, 6) is -0.511. The van der Waals surface area contributed by atoms with Crippen LogP contribution >= 0.6 is 11.3 Å². The highest BCUT2D eigenvalue weighted by atomic mass is 32.2. The zero-order valence-corrected chi connectivity index (χ0v) is 11.9. The molecular weight excluding hydrogens is 256 g/mol.